The number of nitrogens with zero attached hydrogens (tertiary/aromatic N) is 1. The number of halogens is 1. The van der Waals surface area contributed by atoms with Crippen LogP contribution in [0.2, 0.25) is 5.02 Å². The molecule has 3 amide bonds. The van der Waals surface area contributed by atoms with Gasteiger partial charge in [-0.25, -0.2) is 0 Å². The highest BCUT2D eigenvalue weighted by molar-refractivity contribution is 8.02. The molecule has 1 spiro atoms. The standard InChI is InChI=1S/C29H34ClN3O4S/c1-16(2)14-19(15-34)33-25(27(36)32-24-17(3)8-7-11-20(24)30)29-13-12-21(38-29)22(23(29)28(33)37)26(35)31-18-9-5-4-6-10-18/h4-11,16,19,21-23,25,34H,12-15H2,1-3H3,(H,31,35)(H,32,36)/t19-,21+,22-,23+,25?,29?/m1/s1. The number of fused-ring (bicyclic) bond motifs is 1. The highest BCUT2D eigenvalue weighted by Crippen LogP contribution is 2.66. The largest absolute Gasteiger partial charge is 0.394 e. The number of rotatable bonds is 8. The Kier molecular flexibility index (Phi) is 7.50. The van der Waals surface area contributed by atoms with Crippen LogP contribution in [0.15, 0.2) is 48.5 Å². The van der Waals surface area contributed by atoms with Crippen LogP contribution in [0.4, 0.5) is 11.4 Å². The molecule has 2 bridgehead atoms. The van der Waals surface area contributed by atoms with Gasteiger partial charge in [-0.05, 0) is 55.9 Å². The number of para-hydroxylation sites is 2. The van der Waals surface area contributed by atoms with E-state index in [4.69, 9.17) is 11.6 Å². The minimum absolute atomic E-state index is 0.0511. The van der Waals surface area contributed by atoms with Gasteiger partial charge in [-0.1, -0.05) is 55.8 Å². The van der Waals surface area contributed by atoms with E-state index in [9.17, 15) is 19.5 Å². The van der Waals surface area contributed by atoms with Crippen LogP contribution in [-0.2, 0) is 14.4 Å². The number of anilines is 2. The highest BCUT2D eigenvalue weighted by atomic mass is 35.5. The Balaban J connectivity index is 1.53. The summed E-state index contributed by atoms with van der Waals surface area (Å²) in [5, 5.41) is 16.8. The van der Waals surface area contributed by atoms with Crippen molar-refractivity contribution in [1.29, 1.82) is 0 Å². The lowest BCUT2D eigenvalue weighted by Gasteiger charge is -2.37. The van der Waals surface area contributed by atoms with Crippen LogP contribution < -0.4 is 10.6 Å². The van der Waals surface area contributed by atoms with Crippen molar-refractivity contribution in [2.24, 2.45) is 17.8 Å². The zero-order valence-electron chi connectivity index (χ0n) is 21.8. The van der Waals surface area contributed by atoms with Gasteiger partial charge in [0.05, 0.1) is 39.9 Å². The maximum Gasteiger partial charge on any atom is 0.248 e. The Bertz CT molecular complexity index is 1220. The highest BCUT2D eigenvalue weighted by Gasteiger charge is 2.74. The molecule has 9 heteroatoms. The van der Waals surface area contributed by atoms with E-state index in [1.54, 1.807) is 22.7 Å². The first kappa shape index (κ1) is 27.0. The number of aryl methyl sites for hydroxylation is 1. The third-order valence-electron chi connectivity index (χ3n) is 8.15. The zero-order chi connectivity index (χ0) is 27.2. The molecule has 3 saturated heterocycles. The summed E-state index contributed by atoms with van der Waals surface area (Å²) in [6.45, 7) is 5.67. The monoisotopic (exact) mass is 555 g/mol. The number of hydrogen-bond donors (Lipinski definition) is 3. The van der Waals surface area contributed by atoms with Gasteiger partial charge >= 0.3 is 0 Å². The summed E-state index contributed by atoms with van der Waals surface area (Å²) < 4.78 is -0.746. The molecular formula is C29H34ClN3O4S. The third-order valence-corrected chi connectivity index (χ3v) is 10.4. The van der Waals surface area contributed by atoms with Gasteiger partial charge in [0.1, 0.15) is 6.04 Å². The molecule has 0 radical (unpaired) electrons. The summed E-state index contributed by atoms with van der Waals surface area (Å²) in [5.74, 6) is -1.73. The van der Waals surface area contributed by atoms with E-state index in [1.165, 1.54) is 0 Å². The number of benzene rings is 2. The van der Waals surface area contributed by atoms with Gasteiger partial charge in [0, 0.05) is 10.9 Å². The van der Waals surface area contributed by atoms with Crippen molar-refractivity contribution in [3.63, 3.8) is 0 Å². The second-order valence-corrected chi connectivity index (χ2v) is 13.1. The molecule has 6 atom stereocenters. The molecule has 2 unspecified atom stereocenters. The SMILES string of the molecule is Cc1cccc(Cl)c1NC(=O)C1N([C@@H](CO)CC(C)C)C(=O)[C@@H]2[C@H](C(=O)Nc3ccccc3)[C@@H]3CCC12S3. The number of aliphatic hydroxyl groups is 1. The van der Waals surface area contributed by atoms with Gasteiger partial charge in [0.15, 0.2) is 0 Å². The fraction of sp³-hybridized carbons (Fsp3) is 0.483. The fourth-order valence-corrected chi connectivity index (χ4v) is 9.11. The third kappa shape index (κ3) is 4.50. The maximum atomic E-state index is 14.2. The Morgan fingerprint density at radius 3 is 2.53 bits per heavy atom. The molecule has 3 heterocycles. The summed E-state index contributed by atoms with van der Waals surface area (Å²) in [6.07, 6.45) is 1.96. The predicted octanol–water partition coefficient (Wildman–Crippen LogP) is 4.72. The molecule has 5 rings (SSSR count). The van der Waals surface area contributed by atoms with E-state index in [0.717, 1.165) is 12.0 Å². The lowest BCUT2D eigenvalue weighted by atomic mass is 9.70. The first-order valence-electron chi connectivity index (χ1n) is 13.2. The van der Waals surface area contributed by atoms with Crippen molar-refractivity contribution in [2.45, 2.75) is 62.1 Å². The number of amides is 3. The van der Waals surface area contributed by atoms with Crippen LogP contribution >= 0.6 is 23.4 Å². The number of thioether (sulfide) groups is 1. The van der Waals surface area contributed by atoms with Crippen LogP contribution in [0.1, 0.15) is 38.7 Å². The Labute approximate surface area is 232 Å². The normalized spacial score (nSPS) is 28.5. The Hall–Kier alpha value is -2.55. The first-order valence-corrected chi connectivity index (χ1v) is 14.5. The van der Waals surface area contributed by atoms with Gasteiger partial charge in [-0.3, -0.25) is 14.4 Å². The number of carbonyl (C=O) groups excluding carboxylic acids is 3. The van der Waals surface area contributed by atoms with Crippen LogP contribution in [0.3, 0.4) is 0 Å². The van der Waals surface area contributed by atoms with Crippen LogP contribution in [0.5, 0.6) is 0 Å². The molecule has 3 aliphatic heterocycles. The van der Waals surface area contributed by atoms with Crippen LogP contribution in [-0.4, -0.2) is 56.4 Å². The Morgan fingerprint density at radius 1 is 1.13 bits per heavy atom. The van der Waals surface area contributed by atoms with E-state index in [0.29, 0.717) is 29.2 Å². The number of aliphatic hydroxyl groups excluding tert-OH is 1. The number of hydrogen-bond acceptors (Lipinski definition) is 5. The molecule has 38 heavy (non-hydrogen) atoms. The van der Waals surface area contributed by atoms with Crippen molar-refractivity contribution in [3.8, 4) is 0 Å². The van der Waals surface area contributed by atoms with E-state index in [2.05, 4.69) is 10.6 Å². The smallest absolute Gasteiger partial charge is 0.248 e. The van der Waals surface area contributed by atoms with Crippen molar-refractivity contribution in [2.75, 3.05) is 17.2 Å². The molecule has 3 fully saturated rings. The van der Waals surface area contributed by atoms with Crippen molar-refractivity contribution in [1.82, 2.24) is 4.90 Å². The predicted molar refractivity (Wildman–Crippen MR) is 151 cm³/mol. The Morgan fingerprint density at radius 2 is 1.87 bits per heavy atom. The molecule has 2 aromatic carbocycles. The van der Waals surface area contributed by atoms with E-state index >= 15 is 0 Å². The maximum absolute atomic E-state index is 14.2. The number of nitrogens with one attached hydrogen (secondary N) is 2. The lowest BCUT2D eigenvalue weighted by Crippen LogP contribution is -2.55. The minimum atomic E-state index is -0.823. The first-order chi connectivity index (χ1) is 18.2. The molecule has 0 aromatic heterocycles. The van der Waals surface area contributed by atoms with E-state index in [-0.39, 0.29) is 35.5 Å². The topological polar surface area (TPSA) is 98.7 Å². The summed E-state index contributed by atoms with van der Waals surface area (Å²) in [5.41, 5.74) is 2.02. The average Bonchev–Trinajstić information content (AvgIpc) is 3.52. The lowest BCUT2D eigenvalue weighted by molar-refractivity contribution is -0.141. The molecule has 3 aliphatic rings. The van der Waals surface area contributed by atoms with Gasteiger partial charge in [-0.15, -0.1) is 11.8 Å². The molecule has 2 aromatic rings. The molecule has 202 valence electrons. The molecule has 7 nitrogen and oxygen atoms in total. The minimum Gasteiger partial charge on any atom is -0.394 e. The van der Waals surface area contributed by atoms with Crippen molar-refractivity contribution >= 4 is 52.5 Å². The second kappa shape index (κ2) is 10.5. The van der Waals surface area contributed by atoms with Crippen molar-refractivity contribution in [3.05, 3.63) is 59.1 Å². The van der Waals surface area contributed by atoms with Crippen LogP contribution in [0.25, 0.3) is 0 Å². The van der Waals surface area contributed by atoms with Gasteiger partial charge in [0.2, 0.25) is 17.7 Å². The molecular weight excluding hydrogens is 522 g/mol. The summed E-state index contributed by atoms with van der Waals surface area (Å²) in [7, 11) is 0. The number of likely N-dealkylation sites (tertiary alicyclic amines) is 1. The summed E-state index contributed by atoms with van der Waals surface area (Å²) >= 11 is 8.05. The average molecular weight is 556 g/mol. The number of carbonyl (C=O) groups is 3. The second-order valence-electron chi connectivity index (χ2n) is 11.0. The summed E-state index contributed by atoms with van der Waals surface area (Å²) in [6, 6.07) is 13.3. The van der Waals surface area contributed by atoms with Crippen molar-refractivity contribution < 1.29 is 19.5 Å². The fourth-order valence-electron chi connectivity index (χ4n) is 6.63. The van der Waals surface area contributed by atoms with E-state index < -0.39 is 28.7 Å². The van der Waals surface area contributed by atoms with E-state index in [1.807, 2.05) is 63.2 Å². The zero-order valence-corrected chi connectivity index (χ0v) is 23.4. The quantitative estimate of drug-likeness (QED) is 0.437. The summed E-state index contributed by atoms with van der Waals surface area (Å²) in [4.78, 5) is 43.6. The molecule has 3 N–H and O–H groups in total. The van der Waals surface area contributed by atoms with Gasteiger partial charge < -0.3 is 20.6 Å². The van der Waals surface area contributed by atoms with Gasteiger partial charge in [0.25, 0.3) is 0 Å². The molecule has 0 aliphatic carbocycles. The molecule has 0 saturated carbocycles. The van der Waals surface area contributed by atoms with Crippen LogP contribution in [0, 0.1) is 24.7 Å². The van der Waals surface area contributed by atoms with Gasteiger partial charge in [-0.2, -0.15) is 0 Å².